The summed E-state index contributed by atoms with van der Waals surface area (Å²) in [6, 6.07) is 9.87. The van der Waals surface area contributed by atoms with Crippen LogP contribution >= 0.6 is 0 Å². The number of benzene rings is 1. The summed E-state index contributed by atoms with van der Waals surface area (Å²) in [5.41, 5.74) is 6.62. The molecule has 1 aliphatic heterocycles. The van der Waals surface area contributed by atoms with Crippen LogP contribution in [-0.4, -0.2) is 36.3 Å². The SMILES string of the molecule is C[C@@]1(n2c(OCc3ccccc3)nc3c(N)ncnc32)CC(O)=C(CO)O1. The van der Waals surface area contributed by atoms with Crippen molar-refractivity contribution in [3.63, 3.8) is 0 Å². The predicted octanol–water partition coefficient (Wildman–Crippen LogP) is 1.84. The number of anilines is 1. The number of aliphatic hydroxyl groups excluding tert-OH is 2. The van der Waals surface area contributed by atoms with Gasteiger partial charge < -0.3 is 25.4 Å². The first-order valence-electron chi connectivity index (χ1n) is 8.39. The van der Waals surface area contributed by atoms with Crippen LogP contribution < -0.4 is 10.5 Å². The molecule has 9 heteroatoms. The highest BCUT2D eigenvalue weighted by molar-refractivity contribution is 5.82. The molecule has 1 atom stereocenters. The van der Waals surface area contributed by atoms with Gasteiger partial charge in [0.2, 0.25) is 0 Å². The van der Waals surface area contributed by atoms with Gasteiger partial charge in [-0.05, 0) is 12.5 Å². The molecule has 0 fully saturated rings. The van der Waals surface area contributed by atoms with Crippen molar-refractivity contribution in [2.45, 2.75) is 25.7 Å². The van der Waals surface area contributed by atoms with Crippen molar-refractivity contribution in [3.8, 4) is 6.01 Å². The molecule has 0 spiro atoms. The molecule has 140 valence electrons. The van der Waals surface area contributed by atoms with Crippen molar-refractivity contribution in [1.29, 1.82) is 0 Å². The summed E-state index contributed by atoms with van der Waals surface area (Å²) >= 11 is 0. The van der Waals surface area contributed by atoms with Gasteiger partial charge in [0.15, 0.2) is 28.5 Å². The molecule has 27 heavy (non-hydrogen) atoms. The molecule has 3 heterocycles. The number of nitrogens with zero attached hydrogens (tertiary/aromatic N) is 4. The summed E-state index contributed by atoms with van der Waals surface area (Å²) in [6.07, 6.45) is 1.45. The van der Waals surface area contributed by atoms with E-state index >= 15 is 0 Å². The molecular weight excluding hydrogens is 350 g/mol. The third kappa shape index (κ3) is 2.91. The zero-order valence-electron chi connectivity index (χ0n) is 14.7. The lowest BCUT2D eigenvalue weighted by Gasteiger charge is -2.27. The van der Waals surface area contributed by atoms with Crippen molar-refractivity contribution < 1.29 is 19.7 Å². The molecule has 0 saturated carbocycles. The van der Waals surface area contributed by atoms with Crippen LogP contribution in [0.5, 0.6) is 6.01 Å². The third-order valence-corrected chi connectivity index (χ3v) is 4.43. The van der Waals surface area contributed by atoms with Crippen molar-refractivity contribution >= 4 is 17.0 Å². The van der Waals surface area contributed by atoms with Crippen molar-refractivity contribution in [3.05, 3.63) is 53.7 Å². The lowest BCUT2D eigenvalue weighted by molar-refractivity contribution is -0.0410. The number of ether oxygens (including phenoxy) is 2. The molecule has 0 aliphatic carbocycles. The van der Waals surface area contributed by atoms with Gasteiger partial charge in [0.1, 0.15) is 25.3 Å². The van der Waals surface area contributed by atoms with Gasteiger partial charge in [0.05, 0.1) is 6.42 Å². The highest BCUT2D eigenvalue weighted by Crippen LogP contribution is 2.41. The highest BCUT2D eigenvalue weighted by Gasteiger charge is 2.42. The number of imidazole rings is 1. The van der Waals surface area contributed by atoms with E-state index < -0.39 is 12.3 Å². The third-order valence-electron chi connectivity index (χ3n) is 4.43. The van der Waals surface area contributed by atoms with Crippen LogP contribution in [0.2, 0.25) is 0 Å². The van der Waals surface area contributed by atoms with Crippen LogP contribution in [0.4, 0.5) is 5.82 Å². The van der Waals surface area contributed by atoms with E-state index in [9.17, 15) is 10.2 Å². The second-order valence-corrected chi connectivity index (χ2v) is 6.42. The van der Waals surface area contributed by atoms with Gasteiger partial charge in [0, 0.05) is 0 Å². The number of nitrogen functional groups attached to an aromatic ring is 1. The van der Waals surface area contributed by atoms with Crippen LogP contribution in [0, 0.1) is 0 Å². The van der Waals surface area contributed by atoms with Gasteiger partial charge in [-0.2, -0.15) is 4.98 Å². The molecule has 1 aliphatic rings. The van der Waals surface area contributed by atoms with Gasteiger partial charge in [0.25, 0.3) is 0 Å². The highest BCUT2D eigenvalue weighted by atomic mass is 16.6. The van der Waals surface area contributed by atoms with E-state index in [1.165, 1.54) is 6.33 Å². The number of aromatic nitrogens is 4. The topological polar surface area (TPSA) is 129 Å². The van der Waals surface area contributed by atoms with Crippen LogP contribution in [0.3, 0.4) is 0 Å². The first-order valence-corrected chi connectivity index (χ1v) is 8.39. The van der Waals surface area contributed by atoms with Crippen molar-refractivity contribution in [2.24, 2.45) is 0 Å². The second-order valence-electron chi connectivity index (χ2n) is 6.42. The summed E-state index contributed by atoms with van der Waals surface area (Å²) < 4.78 is 13.4. The normalized spacial score (nSPS) is 19.5. The quantitative estimate of drug-likeness (QED) is 0.621. The minimum absolute atomic E-state index is 0.0297. The van der Waals surface area contributed by atoms with Crippen LogP contribution in [0.25, 0.3) is 11.2 Å². The van der Waals surface area contributed by atoms with Gasteiger partial charge in [-0.15, -0.1) is 0 Å². The van der Waals surface area contributed by atoms with Gasteiger partial charge in [-0.3, -0.25) is 0 Å². The molecule has 1 aromatic carbocycles. The Morgan fingerprint density at radius 1 is 1.30 bits per heavy atom. The van der Waals surface area contributed by atoms with Gasteiger partial charge >= 0.3 is 6.01 Å². The fourth-order valence-electron chi connectivity index (χ4n) is 3.15. The first kappa shape index (κ1) is 17.1. The second kappa shape index (κ2) is 6.44. The summed E-state index contributed by atoms with van der Waals surface area (Å²) in [5, 5.41) is 19.5. The Labute approximate surface area is 154 Å². The van der Waals surface area contributed by atoms with E-state index in [1.807, 2.05) is 30.3 Å². The van der Waals surface area contributed by atoms with Gasteiger partial charge in [-0.1, -0.05) is 30.3 Å². The molecule has 2 aromatic heterocycles. The Balaban J connectivity index is 1.77. The Morgan fingerprint density at radius 2 is 2.07 bits per heavy atom. The van der Waals surface area contributed by atoms with Crippen LogP contribution in [-0.2, 0) is 17.1 Å². The molecule has 0 radical (unpaired) electrons. The average molecular weight is 369 g/mol. The molecule has 4 rings (SSSR count). The lowest BCUT2D eigenvalue weighted by Crippen LogP contribution is -2.31. The largest absolute Gasteiger partial charge is 0.508 e. The number of aliphatic hydroxyl groups is 2. The molecule has 4 N–H and O–H groups in total. The number of hydrogen-bond acceptors (Lipinski definition) is 8. The van der Waals surface area contributed by atoms with Crippen molar-refractivity contribution in [2.75, 3.05) is 12.3 Å². The Hall–Kier alpha value is -3.33. The van der Waals surface area contributed by atoms with E-state index in [4.69, 9.17) is 15.2 Å². The molecule has 0 saturated heterocycles. The predicted molar refractivity (Wildman–Crippen MR) is 96.6 cm³/mol. The van der Waals surface area contributed by atoms with Gasteiger partial charge in [-0.25, -0.2) is 14.5 Å². The van der Waals surface area contributed by atoms with E-state index in [0.717, 1.165) is 5.56 Å². The Morgan fingerprint density at radius 3 is 2.78 bits per heavy atom. The lowest BCUT2D eigenvalue weighted by atomic mass is 10.1. The minimum atomic E-state index is -1.08. The molecule has 3 aromatic rings. The zero-order chi connectivity index (χ0) is 19.0. The van der Waals surface area contributed by atoms with Crippen molar-refractivity contribution in [1.82, 2.24) is 19.5 Å². The van der Waals surface area contributed by atoms with E-state index in [2.05, 4.69) is 15.0 Å². The maximum atomic E-state index is 10.1. The molecule has 9 nitrogen and oxygen atoms in total. The van der Waals surface area contributed by atoms with E-state index in [1.54, 1.807) is 11.5 Å². The van der Waals surface area contributed by atoms with Crippen LogP contribution in [0.1, 0.15) is 18.9 Å². The number of hydrogen-bond donors (Lipinski definition) is 3. The molecule has 0 amide bonds. The molecule has 0 unspecified atom stereocenters. The number of nitrogens with two attached hydrogens (primary N) is 1. The Kier molecular flexibility index (Phi) is 4.08. The Bertz CT molecular complexity index is 1020. The average Bonchev–Trinajstić information content (AvgIpc) is 3.19. The smallest absolute Gasteiger partial charge is 0.302 e. The minimum Gasteiger partial charge on any atom is -0.508 e. The fraction of sp³-hybridized carbons (Fsp3) is 0.278. The first-order chi connectivity index (χ1) is 13.0. The summed E-state index contributed by atoms with van der Waals surface area (Å²) in [4.78, 5) is 12.7. The summed E-state index contributed by atoms with van der Waals surface area (Å²) in [6.45, 7) is 1.62. The maximum Gasteiger partial charge on any atom is 0.302 e. The summed E-state index contributed by atoms with van der Waals surface area (Å²) in [7, 11) is 0. The number of rotatable bonds is 5. The fourth-order valence-corrected chi connectivity index (χ4v) is 3.15. The number of fused-ring (bicyclic) bond motifs is 1. The molecule has 0 bridgehead atoms. The molecular formula is C18H19N5O4. The summed E-state index contributed by atoms with van der Waals surface area (Å²) in [5.74, 6) is 0.290. The monoisotopic (exact) mass is 369 g/mol. The van der Waals surface area contributed by atoms with Crippen LogP contribution in [0.15, 0.2) is 48.2 Å². The zero-order valence-corrected chi connectivity index (χ0v) is 14.7. The maximum absolute atomic E-state index is 10.1. The standard InChI is InChI=1S/C18H19N5O4/c1-18(7-12(25)13(8-24)27-18)23-16-14(15(19)20-10-21-16)22-17(23)26-9-11-5-3-2-4-6-11/h2-6,10,24-25H,7-9H2,1H3,(H2,19,20,21)/t18-/m0/s1. The van der Waals surface area contributed by atoms with E-state index in [-0.39, 0.29) is 36.4 Å². The van der Waals surface area contributed by atoms with E-state index in [0.29, 0.717) is 11.2 Å².